The largest absolute Gasteiger partial charge is 0.485 e. The Morgan fingerprint density at radius 3 is 2.75 bits per heavy atom. The lowest BCUT2D eigenvalue weighted by Crippen LogP contribution is -2.52. The Hall–Kier alpha value is -3.26. The van der Waals surface area contributed by atoms with E-state index in [4.69, 9.17) is 21.2 Å². The molecule has 0 aromatic heterocycles. The first kappa shape index (κ1) is 19.5. The van der Waals surface area contributed by atoms with Crippen LogP contribution in [0.25, 0.3) is 0 Å². The van der Waals surface area contributed by atoms with Crippen LogP contribution in [0.4, 0.5) is 5.69 Å². The maximum Gasteiger partial charge on any atom is 0.227 e. The number of amides is 1. The van der Waals surface area contributed by atoms with Gasteiger partial charge in [0.25, 0.3) is 0 Å². The fraction of sp³-hybridized carbons (Fsp3) is 0.300. The molecule has 1 aliphatic rings. The molecule has 2 aromatic carbocycles. The van der Waals surface area contributed by atoms with Gasteiger partial charge in [0, 0.05) is 6.42 Å². The molecule has 1 unspecified atom stereocenters. The van der Waals surface area contributed by atoms with Crippen molar-refractivity contribution in [1.82, 2.24) is 5.43 Å². The highest BCUT2D eigenvalue weighted by Crippen LogP contribution is 2.42. The Kier molecular flexibility index (Phi) is 6.33. The first-order chi connectivity index (χ1) is 13.7. The van der Waals surface area contributed by atoms with Gasteiger partial charge in [-0.1, -0.05) is 43.3 Å². The van der Waals surface area contributed by atoms with E-state index in [1.54, 1.807) is 4.90 Å². The third-order valence-electron chi connectivity index (χ3n) is 4.45. The summed E-state index contributed by atoms with van der Waals surface area (Å²) in [6.45, 7) is 2.60. The number of hydrogen-bond donors (Lipinski definition) is 3. The van der Waals surface area contributed by atoms with Crippen molar-refractivity contribution in [3.05, 3.63) is 54.1 Å². The van der Waals surface area contributed by atoms with Gasteiger partial charge in [-0.2, -0.15) is 5.10 Å². The Balaban J connectivity index is 1.93. The number of nitrogens with zero attached hydrogens (tertiary/aromatic N) is 2. The van der Waals surface area contributed by atoms with Crippen molar-refractivity contribution in [3.63, 3.8) is 0 Å². The zero-order valence-electron chi connectivity index (χ0n) is 15.8. The van der Waals surface area contributed by atoms with Crippen molar-refractivity contribution in [2.24, 2.45) is 16.8 Å². The topological polar surface area (TPSA) is 115 Å². The fourth-order valence-corrected chi connectivity index (χ4v) is 3.07. The second-order valence-corrected chi connectivity index (χ2v) is 6.40. The van der Waals surface area contributed by atoms with Crippen molar-refractivity contribution in [2.45, 2.75) is 32.5 Å². The van der Waals surface area contributed by atoms with Gasteiger partial charge in [0.15, 0.2) is 23.4 Å². The fourth-order valence-electron chi connectivity index (χ4n) is 3.07. The van der Waals surface area contributed by atoms with Gasteiger partial charge in [-0.05, 0) is 24.1 Å². The molecule has 8 nitrogen and oxygen atoms in total. The third-order valence-corrected chi connectivity index (χ3v) is 4.45. The second kappa shape index (κ2) is 9.09. The molecule has 0 spiro atoms. The Morgan fingerprint density at radius 1 is 1.29 bits per heavy atom. The molecule has 0 saturated heterocycles. The van der Waals surface area contributed by atoms with Crippen LogP contribution in [0.2, 0.25) is 0 Å². The minimum atomic E-state index is -0.621. The van der Waals surface area contributed by atoms with E-state index in [1.165, 1.54) is 0 Å². The molecule has 0 radical (unpaired) electrons. The molecular weight excluding hydrogens is 358 g/mol. The number of fused-ring (bicyclic) bond motifs is 1. The summed E-state index contributed by atoms with van der Waals surface area (Å²) in [5.41, 5.74) is 4.13. The highest BCUT2D eigenvalue weighted by Gasteiger charge is 2.34. The monoisotopic (exact) mass is 383 g/mol. The van der Waals surface area contributed by atoms with Gasteiger partial charge < -0.3 is 25.6 Å². The number of nitrogens with two attached hydrogens (primary N) is 2. The van der Waals surface area contributed by atoms with Crippen molar-refractivity contribution >= 4 is 17.4 Å². The van der Waals surface area contributed by atoms with Crippen LogP contribution in [0, 0.1) is 0 Å². The normalized spacial score (nSPS) is 16.1. The summed E-state index contributed by atoms with van der Waals surface area (Å²) in [5, 5.41) is 3.64. The maximum atomic E-state index is 12.7. The molecular formula is C20H25N5O3. The Morgan fingerprint density at radius 2 is 2.07 bits per heavy atom. The average Bonchev–Trinajstić information content (AvgIpc) is 2.73. The maximum absolute atomic E-state index is 12.7. The minimum Gasteiger partial charge on any atom is -0.485 e. The minimum absolute atomic E-state index is 0.00866. The van der Waals surface area contributed by atoms with Crippen LogP contribution < -0.4 is 31.5 Å². The van der Waals surface area contributed by atoms with Gasteiger partial charge in [0.1, 0.15) is 6.61 Å². The number of para-hydroxylation sites is 1. The summed E-state index contributed by atoms with van der Waals surface area (Å²) in [7, 11) is 0. The first-order valence-corrected chi connectivity index (χ1v) is 9.19. The Labute approximate surface area is 164 Å². The molecule has 28 heavy (non-hydrogen) atoms. The first-order valence-electron chi connectivity index (χ1n) is 9.19. The molecule has 5 N–H and O–H groups in total. The lowest BCUT2D eigenvalue weighted by atomic mass is 10.1. The molecule has 3 rings (SSSR count). The molecule has 1 atom stereocenters. The number of nitrogens with one attached hydrogen (secondary N) is 1. The van der Waals surface area contributed by atoms with Crippen LogP contribution in [0.5, 0.6) is 11.5 Å². The van der Waals surface area contributed by atoms with Crippen LogP contribution in [0.3, 0.4) is 0 Å². The van der Waals surface area contributed by atoms with E-state index >= 15 is 0 Å². The van der Waals surface area contributed by atoms with E-state index in [0.29, 0.717) is 30.2 Å². The molecule has 0 aliphatic carbocycles. The summed E-state index contributed by atoms with van der Waals surface area (Å²) >= 11 is 0. The van der Waals surface area contributed by atoms with E-state index in [0.717, 1.165) is 12.0 Å². The molecule has 8 heteroatoms. The van der Waals surface area contributed by atoms with Crippen LogP contribution in [-0.2, 0) is 11.4 Å². The molecule has 1 aliphatic heterocycles. The lowest BCUT2D eigenvalue weighted by Gasteiger charge is -2.35. The standard InChI is InChI=1S/C20H25N5O3/c1-2-7-18(26)25-12-17(20(23-21)24-22)28-19-15(25)10-6-11-16(19)27-13-14-8-4-3-5-9-14/h3-6,8-11,17H,2,7,12-13,21-22H2,1H3,(H,23,24). The van der Waals surface area contributed by atoms with Crippen LogP contribution in [0.15, 0.2) is 53.6 Å². The van der Waals surface area contributed by atoms with Crippen molar-refractivity contribution in [3.8, 4) is 11.5 Å². The highest BCUT2D eigenvalue weighted by atomic mass is 16.5. The predicted octanol–water partition coefficient (Wildman–Crippen LogP) is 1.90. The van der Waals surface area contributed by atoms with E-state index < -0.39 is 6.10 Å². The smallest absolute Gasteiger partial charge is 0.227 e. The lowest BCUT2D eigenvalue weighted by molar-refractivity contribution is -0.119. The van der Waals surface area contributed by atoms with Gasteiger partial charge in [-0.3, -0.25) is 4.79 Å². The SMILES string of the molecule is CCCC(=O)N1CC(/C(=N/N)NN)Oc2c(OCc3ccccc3)cccc21. The number of ether oxygens (including phenoxy) is 2. The highest BCUT2D eigenvalue weighted by molar-refractivity contribution is 5.98. The van der Waals surface area contributed by atoms with Crippen molar-refractivity contribution in [1.29, 1.82) is 0 Å². The molecule has 1 heterocycles. The number of benzene rings is 2. The number of hydrogen-bond acceptors (Lipinski definition) is 6. The van der Waals surface area contributed by atoms with Gasteiger partial charge in [-0.15, -0.1) is 0 Å². The van der Waals surface area contributed by atoms with Gasteiger partial charge in [0.05, 0.1) is 12.2 Å². The zero-order chi connectivity index (χ0) is 19.9. The van der Waals surface area contributed by atoms with Crippen molar-refractivity contribution < 1.29 is 14.3 Å². The molecule has 0 saturated carbocycles. The van der Waals surface area contributed by atoms with E-state index in [2.05, 4.69) is 10.5 Å². The summed E-state index contributed by atoms with van der Waals surface area (Å²) in [5.74, 6) is 12.2. The van der Waals surface area contributed by atoms with Crippen molar-refractivity contribution in [2.75, 3.05) is 11.4 Å². The number of rotatable bonds is 6. The van der Waals surface area contributed by atoms with Crippen LogP contribution >= 0.6 is 0 Å². The van der Waals surface area contributed by atoms with E-state index in [1.807, 2.05) is 55.5 Å². The number of anilines is 1. The zero-order valence-corrected chi connectivity index (χ0v) is 15.8. The van der Waals surface area contributed by atoms with Crippen LogP contribution in [-0.4, -0.2) is 24.4 Å². The molecule has 2 aromatic rings. The Bertz CT molecular complexity index is 841. The summed E-state index contributed by atoms with van der Waals surface area (Å²) in [4.78, 5) is 14.4. The number of carbonyl (C=O) groups is 1. The average molecular weight is 383 g/mol. The molecule has 0 bridgehead atoms. The van der Waals surface area contributed by atoms with E-state index in [-0.39, 0.29) is 18.3 Å². The number of amidine groups is 1. The third kappa shape index (κ3) is 4.17. The van der Waals surface area contributed by atoms with Gasteiger partial charge in [0.2, 0.25) is 5.91 Å². The second-order valence-electron chi connectivity index (χ2n) is 6.40. The number of hydrazine groups is 1. The van der Waals surface area contributed by atoms with Gasteiger partial charge in [-0.25, -0.2) is 5.84 Å². The van der Waals surface area contributed by atoms with Crippen LogP contribution in [0.1, 0.15) is 25.3 Å². The van der Waals surface area contributed by atoms with E-state index in [9.17, 15) is 4.79 Å². The molecule has 148 valence electrons. The summed E-state index contributed by atoms with van der Waals surface area (Å²) in [6.07, 6.45) is 0.546. The molecule has 1 amide bonds. The van der Waals surface area contributed by atoms with Gasteiger partial charge >= 0.3 is 0 Å². The summed E-state index contributed by atoms with van der Waals surface area (Å²) < 4.78 is 12.1. The number of hydrazone groups is 1. The molecule has 0 fully saturated rings. The quantitative estimate of drug-likeness (QED) is 0.304. The predicted molar refractivity (Wildman–Crippen MR) is 108 cm³/mol. The number of carbonyl (C=O) groups excluding carboxylic acids is 1. The summed E-state index contributed by atoms with van der Waals surface area (Å²) in [6, 6.07) is 15.3.